The number of aromatic nitrogens is 1. The van der Waals surface area contributed by atoms with Gasteiger partial charge in [0.25, 0.3) is 5.56 Å². The third-order valence-electron chi connectivity index (χ3n) is 4.18. The van der Waals surface area contributed by atoms with Crippen LogP contribution in [-0.2, 0) is 4.79 Å². The number of ether oxygens (including phenoxy) is 1. The van der Waals surface area contributed by atoms with Crippen LogP contribution in [0, 0.1) is 0 Å². The molecule has 0 saturated heterocycles. The van der Waals surface area contributed by atoms with Crippen molar-refractivity contribution >= 4 is 34.0 Å². The first-order valence-electron chi connectivity index (χ1n) is 8.73. The fourth-order valence-corrected chi connectivity index (χ4v) is 2.92. The molecule has 0 saturated carbocycles. The number of carbonyl (C=O) groups is 1. The minimum absolute atomic E-state index is 0.0550. The Morgan fingerprint density at radius 3 is 2.44 bits per heavy atom. The summed E-state index contributed by atoms with van der Waals surface area (Å²) in [5, 5.41) is 4.71. The van der Waals surface area contributed by atoms with Crippen molar-refractivity contribution in [1.82, 2.24) is 4.57 Å². The van der Waals surface area contributed by atoms with E-state index in [-0.39, 0.29) is 17.6 Å². The van der Waals surface area contributed by atoms with Crippen molar-refractivity contribution in [2.24, 2.45) is 0 Å². The Bertz CT molecular complexity index is 1030. The van der Waals surface area contributed by atoms with Gasteiger partial charge in [0, 0.05) is 22.3 Å². The van der Waals surface area contributed by atoms with Crippen LogP contribution in [0.15, 0.2) is 59.5 Å². The number of fused-ring (bicyclic) bond motifs is 1. The van der Waals surface area contributed by atoms with E-state index in [1.54, 1.807) is 49.5 Å². The predicted octanol–water partition coefficient (Wildman–Crippen LogP) is 4.64. The molecule has 1 aromatic heterocycles. The highest BCUT2D eigenvalue weighted by atomic mass is 35.5. The molecule has 2 aromatic carbocycles. The lowest BCUT2D eigenvalue weighted by atomic mass is 10.1. The maximum absolute atomic E-state index is 12.8. The number of pyridine rings is 1. The highest BCUT2D eigenvalue weighted by Gasteiger charge is 2.17. The number of rotatable bonds is 5. The summed E-state index contributed by atoms with van der Waals surface area (Å²) in [6.45, 7) is 5.58. The second-order valence-corrected chi connectivity index (χ2v) is 7.05. The van der Waals surface area contributed by atoms with E-state index in [9.17, 15) is 9.59 Å². The summed E-state index contributed by atoms with van der Waals surface area (Å²) in [6, 6.07) is 13.3. The summed E-state index contributed by atoms with van der Waals surface area (Å²) in [4.78, 5) is 25.4. The monoisotopic (exact) mass is 384 g/mol. The molecule has 1 heterocycles. The first kappa shape index (κ1) is 19.0. The lowest BCUT2D eigenvalue weighted by molar-refractivity contribution is -0.118. The van der Waals surface area contributed by atoms with E-state index in [4.69, 9.17) is 16.3 Å². The van der Waals surface area contributed by atoms with E-state index in [0.29, 0.717) is 21.8 Å². The van der Waals surface area contributed by atoms with Gasteiger partial charge in [0.1, 0.15) is 11.8 Å². The van der Waals surface area contributed by atoms with Gasteiger partial charge in [0.2, 0.25) is 5.91 Å². The van der Waals surface area contributed by atoms with E-state index < -0.39 is 6.04 Å². The molecule has 3 aromatic rings. The van der Waals surface area contributed by atoms with E-state index in [1.165, 1.54) is 4.57 Å². The first-order chi connectivity index (χ1) is 12.8. The maximum Gasteiger partial charge on any atom is 0.259 e. The summed E-state index contributed by atoms with van der Waals surface area (Å²) in [5.74, 6) is 0.432. The summed E-state index contributed by atoms with van der Waals surface area (Å²) >= 11 is 5.85. The minimum Gasteiger partial charge on any atom is -0.491 e. The van der Waals surface area contributed by atoms with Crippen molar-refractivity contribution in [3.8, 4) is 5.75 Å². The number of carbonyl (C=O) groups excluding carboxylic acids is 1. The molecule has 1 unspecified atom stereocenters. The van der Waals surface area contributed by atoms with E-state index in [2.05, 4.69) is 5.32 Å². The Hall–Kier alpha value is -2.79. The molecule has 27 heavy (non-hydrogen) atoms. The SMILES string of the molecule is CC(C)Oc1ccc2c(=O)n(C(C)C(=O)Nc3ccc(Cl)cc3)ccc2c1. The number of nitrogens with one attached hydrogen (secondary N) is 1. The lowest BCUT2D eigenvalue weighted by Crippen LogP contribution is -2.31. The van der Waals surface area contributed by atoms with Gasteiger partial charge in [0.05, 0.1) is 6.10 Å². The molecule has 0 aliphatic rings. The molecule has 0 bridgehead atoms. The van der Waals surface area contributed by atoms with Gasteiger partial charge in [-0.25, -0.2) is 0 Å². The Labute approximate surface area is 162 Å². The molecule has 1 amide bonds. The zero-order valence-corrected chi connectivity index (χ0v) is 16.2. The topological polar surface area (TPSA) is 60.3 Å². The van der Waals surface area contributed by atoms with Gasteiger partial charge in [-0.3, -0.25) is 9.59 Å². The van der Waals surface area contributed by atoms with Crippen molar-refractivity contribution in [2.75, 3.05) is 5.32 Å². The Kier molecular flexibility index (Phi) is 5.51. The maximum atomic E-state index is 12.8. The van der Waals surface area contributed by atoms with Crippen LogP contribution in [0.1, 0.15) is 26.8 Å². The predicted molar refractivity (Wildman–Crippen MR) is 109 cm³/mol. The van der Waals surface area contributed by atoms with Crippen molar-refractivity contribution in [3.63, 3.8) is 0 Å². The molecule has 0 aliphatic heterocycles. The number of anilines is 1. The van der Waals surface area contributed by atoms with Crippen LogP contribution >= 0.6 is 11.6 Å². The number of hydrogen-bond acceptors (Lipinski definition) is 3. The number of benzene rings is 2. The molecule has 1 atom stereocenters. The molecule has 0 fully saturated rings. The Balaban J connectivity index is 1.86. The van der Waals surface area contributed by atoms with Crippen LogP contribution in [0.5, 0.6) is 5.75 Å². The van der Waals surface area contributed by atoms with Gasteiger partial charge >= 0.3 is 0 Å². The standard InChI is InChI=1S/C21H21ClN2O3/c1-13(2)27-18-8-9-19-15(12-18)10-11-24(21(19)26)14(3)20(25)23-17-6-4-16(22)5-7-17/h4-14H,1-3H3,(H,23,25). The van der Waals surface area contributed by atoms with E-state index in [0.717, 1.165) is 5.39 Å². The summed E-state index contributed by atoms with van der Waals surface area (Å²) in [7, 11) is 0. The van der Waals surface area contributed by atoms with Crippen LogP contribution in [-0.4, -0.2) is 16.6 Å². The van der Waals surface area contributed by atoms with Crippen molar-refractivity contribution in [2.45, 2.75) is 32.9 Å². The van der Waals surface area contributed by atoms with Gasteiger partial charge in [-0.1, -0.05) is 11.6 Å². The van der Waals surface area contributed by atoms with Crippen molar-refractivity contribution < 1.29 is 9.53 Å². The minimum atomic E-state index is -0.663. The lowest BCUT2D eigenvalue weighted by Gasteiger charge is -2.16. The van der Waals surface area contributed by atoms with Crippen LogP contribution in [0.2, 0.25) is 5.02 Å². The number of amides is 1. The van der Waals surface area contributed by atoms with Crippen LogP contribution in [0.3, 0.4) is 0 Å². The highest BCUT2D eigenvalue weighted by Crippen LogP contribution is 2.21. The van der Waals surface area contributed by atoms with Gasteiger partial charge in [-0.05, 0) is 74.7 Å². The normalized spacial score (nSPS) is 12.2. The Morgan fingerprint density at radius 1 is 1.07 bits per heavy atom. The number of nitrogens with zero attached hydrogens (tertiary/aromatic N) is 1. The molecule has 140 valence electrons. The Morgan fingerprint density at radius 2 is 1.78 bits per heavy atom. The van der Waals surface area contributed by atoms with E-state index >= 15 is 0 Å². The molecule has 1 N–H and O–H groups in total. The molecule has 5 nitrogen and oxygen atoms in total. The first-order valence-corrected chi connectivity index (χ1v) is 9.11. The third-order valence-corrected chi connectivity index (χ3v) is 4.43. The highest BCUT2D eigenvalue weighted by molar-refractivity contribution is 6.30. The average Bonchev–Trinajstić information content (AvgIpc) is 2.63. The molecule has 0 aliphatic carbocycles. The fraction of sp³-hybridized carbons (Fsp3) is 0.238. The molecule has 0 spiro atoms. The molecule has 6 heteroatoms. The largest absolute Gasteiger partial charge is 0.491 e. The fourth-order valence-electron chi connectivity index (χ4n) is 2.80. The zero-order chi connectivity index (χ0) is 19.6. The van der Waals surface area contributed by atoms with Crippen LogP contribution < -0.4 is 15.6 Å². The molecule has 0 radical (unpaired) electrons. The number of halogens is 1. The van der Waals surface area contributed by atoms with Crippen molar-refractivity contribution in [1.29, 1.82) is 0 Å². The second kappa shape index (κ2) is 7.84. The molecular weight excluding hydrogens is 364 g/mol. The summed E-state index contributed by atoms with van der Waals surface area (Å²) < 4.78 is 7.10. The molecular formula is C21H21ClN2O3. The van der Waals surface area contributed by atoms with Gasteiger partial charge in [-0.2, -0.15) is 0 Å². The van der Waals surface area contributed by atoms with Crippen LogP contribution in [0.4, 0.5) is 5.69 Å². The third kappa shape index (κ3) is 4.31. The van der Waals surface area contributed by atoms with Gasteiger partial charge < -0.3 is 14.6 Å². The van der Waals surface area contributed by atoms with E-state index in [1.807, 2.05) is 26.0 Å². The summed E-state index contributed by atoms with van der Waals surface area (Å²) in [5.41, 5.74) is 0.405. The second-order valence-electron chi connectivity index (χ2n) is 6.62. The number of hydrogen-bond donors (Lipinski definition) is 1. The van der Waals surface area contributed by atoms with Gasteiger partial charge in [0.15, 0.2) is 0 Å². The van der Waals surface area contributed by atoms with Gasteiger partial charge in [-0.15, -0.1) is 0 Å². The van der Waals surface area contributed by atoms with Crippen LogP contribution in [0.25, 0.3) is 10.8 Å². The average molecular weight is 385 g/mol. The summed E-state index contributed by atoms with van der Waals surface area (Å²) in [6.07, 6.45) is 1.69. The quantitative estimate of drug-likeness (QED) is 0.697. The molecule has 3 rings (SSSR count). The smallest absolute Gasteiger partial charge is 0.259 e. The van der Waals surface area contributed by atoms with Crippen molar-refractivity contribution in [3.05, 3.63) is 70.1 Å². The zero-order valence-electron chi connectivity index (χ0n) is 15.4.